The Hall–Kier alpha value is -5.94. The topological polar surface area (TPSA) is 56.5 Å². The molecule has 0 atom stereocenters. The van der Waals surface area contributed by atoms with Gasteiger partial charge in [0.25, 0.3) is 0 Å². The van der Waals surface area contributed by atoms with E-state index in [4.69, 9.17) is 19.9 Å². The number of aromatic nitrogens is 5. The largest absolute Gasteiger partial charge is 0.309 e. The SMILES string of the molecule is Cc1ccc2c3ccc(C)cc3n(-c3ccc(-c4nc(-c5ccccc5)nc(-c5ccccc5)n4)c(-c4ccccn4)c3)c2c1. The quantitative estimate of drug-likeness (QED) is 0.204. The van der Waals surface area contributed by atoms with Crippen LogP contribution in [0.25, 0.3) is 72.9 Å². The molecule has 0 radical (unpaired) electrons. The lowest BCUT2D eigenvalue weighted by Gasteiger charge is -2.15. The van der Waals surface area contributed by atoms with Crippen LogP contribution in [-0.2, 0) is 0 Å². The molecule has 3 aromatic heterocycles. The Morgan fingerprint density at radius 1 is 0.467 bits per heavy atom. The Morgan fingerprint density at radius 2 is 1.02 bits per heavy atom. The lowest BCUT2D eigenvalue weighted by molar-refractivity contribution is 1.07. The highest BCUT2D eigenvalue weighted by molar-refractivity contribution is 6.09. The highest BCUT2D eigenvalue weighted by atomic mass is 15.0. The van der Waals surface area contributed by atoms with Crippen molar-refractivity contribution in [2.24, 2.45) is 0 Å². The van der Waals surface area contributed by atoms with Gasteiger partial charge in [-0.1, -0.05) is 91.0 Å². The van der Waals surface area contributed by atoms with Crippen molar-refractivity contribution in [3.8, 4) is 51.1 Å². The summed E-state index contributed by atoms with van der Waals surface area (Å²) >= 11 is 0. The predicted molar refractivity (Wildman–Crippen MR) is 183 cm³/mol. The third-order valence-corrected chi connectivity index (χ3v) is 8.22. The molecule has 0 unspecified atom stereocenters. The van der Waals surface area contributed by atoms with Crippen LogP contribution in [0, 0.1) is 13.8 Å². The Labute approximate surface area is 261 Å². The van der Waals surface area contributed by atoms with Gasteiger partial charge >= 0.3 is 0 Å². The summed E-state index contributed by atoms with van der Waals surface area (Å²) in [5.74, 6) is 1.86. The van der Waals surface area contributed by atoms with Crippen LogP contribution in [0.2, 0.25) is 0 Å². The molecule has 0 spiro atoms. The molecule has 3 heterocycles. The zero-order valence-electron chi connectivity index (χ0n) is 25.0. The fraction of sp³-hybridized carbons (Fsp3) is 0.0500. The first-order valence-electron chi connectivity index (χ1n) is 15.1. The van der Waals surface area contributed by atoms with E-state index in [1.165, 1.54) is 32.9 Å². The summed E-state index contributed by atoms with van der Waals surface area (Å²) in [5.41, 5.74) is 10.4. The number of aryl methyl sites for hydroxylation is 2. The molecule has 0 N–H and O–H groups in total. The highest BCUT2D eigenvalue weighted by Crippen LogP contribution is 2.37. The van der Waals surface area contributed by atoms with Crippen LogP contribution < -0.4 is 0 Å². The van der Waals surface area contributed by atoms with Crippen molar-refractivity contribution in [2.75, 3.05) is 0 Å². The fourth-order valence-electron chi connectivity index (χ4n) is 6.05. The van der Waals surface area contributed by atoms with Gasteiger partial charge in [-0.15, -0.1) is 0 Å². The molecular formula is C40H29N5. The molecule has 8 aromatic rings. The highest BCUT2D eigenvalue weighted by Gasteiger charge is 2.19. The smallest absolute Gasteiger partial charge is 0.164 e. The molecule has 0 saturated heterocycles. The maximum atomic E-state index is 5.04. The molecule has 0 aliphatic heterocycles. The van der Waals surface area contributed by atoms with E-state index in [0.29, 0.717) is 17.5 Å². The normalized spacial score (nSPS) is 11.3. The van der Waals surface area contributed by atoms with Gasteiger partial charge in [0.15, 0.2) is 17.5 Å². The van der Waals surface area contributed by atoms with Crippen LogP contribution in [0.4, 0.5) is 0 Å². The summed E-state index contributed by atoms with van der Waals surface area (Å²) in [4.78, 5) is 19.8. The third kappa shape index (κ3) is 4.85. The van der Waals surface area contributed by atoms with Gasteiger partial charge < -0.3 is 4.57 Å². The minimum atomic E-state index is 0.601. The first-order chi connectivity index (χ1) is 22.1. The summed E-state index contributed by atoms with van der Waals surface area (Å²) in [5, 5.41) is 2.47. The molecule has 0 bridgehead atoms. The zero-order valence-corrected chi connectivity index (χ0v) is 25.0. The van der Waals surface area contributed by atoms with E-state index < -0.39 is 0 Å². The second-order valence-corrected chi connectivity index (χ2v) is 11.4. The second-order valence-electron chi connectivity index (χ2n) is 11.4. The third-order valence-electron chi connectivity index (χ3n) is 8.22. The van der Waals surface area contributed by atoms with Crippen molar-refractivity contribution in [2.45, 2.75) is 13.8 Å². The molecule has 0 amide bonds. The van der Waals surface area contributed by atoms with Gasteiger partial charge in [0.1, 0.15) is 0 Å². The van der Waals surface area contributed by atoms with Gasteiger partial charge in [0.2, 0.25) is 0 Å². The monoisotopic (exact) mass is 579 g/mol. The van der Waals surface area contributed by atoms with E-state index in [0.717, 1.165) is 33.6 Å². The Bertz CT molecular complexity index is 2210. The molecule has 214 valence electrons. The first-order valence-corrected chi connectivity index (χ1v) is 15.1. The van der Waals surface area contributed by atoms with E-state index in [-0.39, 0.29) is 0 Å². The molecule has 0 aliphatic rings. The van der Waals surface area contributed by atoms with Gasteiger partial charge in [-0.05, 0) is 67.4 Å². The number of rotatable bonds is 5. The number of benzene rings is 5. The second kappa shape index (κ2) is 11.0. The van der Waals surface area contributed by atoms with Crippen LogP contribution in [-0.4, -0.2) is 24.5 Å². The molecule has 8 rings (SSSR count). The number of nitrogens with zero attached hydrogens (tertiary/aromatic N) is 5. The Morgan fingerprint density at radius 3 is 1.58 bits per heavy atom. The molecule has 0 fully saturated rings. The maximum absolute atomic E-state index is 5.04. The molecule has 5 aromatic carbocycles. The summed E-state index contributed by atoms with van der Waals surface area (Å²) in [6.45, 7) is 4.29. The van der Waals surface area contributed by atoms with Gasteiger partial charge in [-0.3, -0.25) is 4.98 Å². The summed E-state index contributed by atoms with van der Waals surface area (Å²) in [6.07, 6.45) is 1.83. The Balaban J connectivity index is 1.40. The fourth-order valence-corrected chi connectivity index (χ4v) is 6.05. The average Bonchev–Trinajstić information content (AvgIpc) is 3.41. The van der Waals surface area contributed by atoms with Crippen LogP contribution >= 0.6 is 0 Å². The van der Waals surface area contributed by atoms with E-state index in [9.17, 15) is 0 Å². The van der Waals surface area contributed by atoms with Crippen molar-refractivity contribution in [3.05, 3.63) is 151 Å². The minimum absolute atomic E-state index is 0.601. The van der Waals surface area contributed by atoms with Crippen LogP contribution in [0.3, 0.4) is 0 Å². The zero-order chi connectivity index (χ0) is 30.3. The molecule has 5 heteroatoms. The Kier molecular flexibility index (Phi) is 6.50. The van der Waals surface area contributed by atoms with Crippen LogP contribution in [0.15, 0.2) is 140 Å². The number of hydrogen-bond donors (Lipinski definition) is 0. The van der Waals surface area contributed by atoms with Crippen LogP contribution in [0.1, 0.15) is 11.1 Å². The van der Waals surface area contributed by atoms with Crippen molar-refractivity contribution in [1.29, 1.82) is 0 Å². The van der Waals surface area contributed by atoms with Crippen LogP contribution in [0.5, 0.6) is 0 Å². The van der Waals surface area contributed by atoms with Gasteiger partial charge in [-0.25, -0.2) is 15.0 Å². The van der Waals surface area contributed by atoms with Crippen molar-refractivity contribution in [1.82, 2.24) is 24.5 Å². The van der Waals surface area contributed by atoms with Gasteiger partial charge in [0.05, 0.1) is 16.7 Å². The van der Waals surface area contributed by atoms with Crippen molar-refractivity contribution < 1.29 is 0 Å². The summed E-state index contributed by atoms with van der Waals surface area (Å²) < 4.78 is 2.36. The summed E-state index contributed by atoms with van der Waals surface area (Å²) in [6, 6.07) is 46.0. The summed E-state index contributed by atoms with van der Waals surface area (Å²) in [7, 11) is 0. The first kappa shape index (κ1) is 26.7. The number of pyridine rings is 1. The van der Waals surface area contributed by atoms with Crippen molar-refractivity contribution in [3.63, 3.8) is 0 Å². The molecular weight excluding hydrogens is 550 g/mol. The maximum Gasteiger partial charge on any atom is 0.164 e. The van der Waals surface area contributed by atoms with Crippen molar-refractivity contribution >= 4 is 21.8 Å². The predicted octanol–water partition coefficient (Wildman–Crippen LogP) is 9.65. The standard InChI is InChI=1S/C40H29N5/c1-26-16-19-31-32-20-17-27(2)24-37(32)45(36(31)23-26)30-18-21-33(34(25-30)35-15-9-10-22-41-35)40-43-38(28-11-5-3-6-12-28)42-39(44-40)29-13-7-4-8-14-29/h3-25H,1-2H3. The van der Waals surface area contributed by atoms with E-state index in [2.05, 4.69) is 73.0 Å². The van der Waals surface area contributed by atoms with E-state index in [1.807, 2.05) is 85.1 Å². The molecule has 0 saturated carbocycles. The van der Waals surface area contributed by atoms with Gasteiger partial charge in [-0.2, -0.15) is 0 Å². The number of hydrogen-bond acceptors (Lipinski definition) is 4. The molecule has 5 nitrogen and oxygen atoms in total. The lowest BCUT2D eigenvalue weighted by atomic mass is 10.0. The van der Waals surface area contributed by atoms with E-state index in [1.54, 1.807) is 0 Å². The van der Waals surface area contributed by atoms with E-state index >= 15 is 0 Å². The number of fused-ring (bicyclic) bond motifs is 3. The molecule has 45 heavy (non-hydrogen) atoms. The minimum Gasteiger partial charge on any atom is -0.309 e. The molecule has 0 aliphatic carbocycles. The van der Waals surface area contributed by atoms with Gasteiger partial charge in [0, 0.05) is 44.9 Å². The lowest BCUT2D eigenvalue weighted by Crippen LogP contribution is -2.02. The average molecular weight is 580 g/mol.